The van der Waals surface area contributed by atoms with Crippen molar-refractivity contribution in [3.05, 3.63) is 179 Å². The Labute approximate surface area is 341 Å². The Hall–Kier alpha value is -7.03. The molecule has 294 valence electrons. The molecule has 0 spiro atoms. The number of hydrogen-bond donors (Lipinski definition) is 0. The van der Waals surface area contributed by atoms with Crippen molar-refractivity contribution in [3.63, 3.8) is 0 Å². The van der Waals surface area contributed by atoms with Crippen LogP contribution >= 0.6 is 0 Å². The molecule has 5 aromatic carbocycles. The molecule has 11 heteroatoms. The highest BCUT2D eigenvalue weighted by molar-refractivity contribution is 5.93. The van der Waals surface area contributed by atoms with Gasteiger partial charge in [-0.1, -0.05) is 110 Å². The lowest BCUT2D eigenvalue weighted by Crippen LogP contribution is -2.63. The molecule has 0 aliphatic carbocycles. The summed E-state index contributed by atoms with van der Waals surface area (Å²) in [5, 5.41) is 0. The summed E-state index contributed by atoms with van der Waals surface area (Å²) in [5.41, 5.74) is -0.550. The third-order valence-electron chi connectivity index (χ3n) is 8.66. The van der Waals surface area contributed by atoms with Gasteiger partial charge in [0.1, 0.15) is 12.7 Å². The molecule has 1 heterocycles. The van der Waals surface area contributed by atoms with Gasteiger partial charge in [0.15, 0.2) is 12.2 Å². The summed E-state index contributed by atoms with van der Waals surface area (Å²) in [7, 11) is 0. The molecule has 1 aliphatic heterocycles. The van der Waals surface area contributed by atoms with Crippen LogP contribution in [0.1, 0.15) is 89.0 Å². The Kier molecular flexibility index (Phi) is 12.3. The minimum Gasteiger partial charge on any atom is -0.459 e. The Balaban J connectivity index is 1.47. The topological polar surface area (TPSA) is 141 Å². The molecule has 58 heavy (non-hydrogen) atoms. The molecule has 5 aromatic rings. The molecule has 1 aliphatic rings. The SMILES string of the molecule is [2H]c1ccccc1C(=O)OC[C@H]1OC(OC(=O)c2ccccc2C#CCCCC)[C@H](OC(=O)c2ccccc2[2H])[C@@H](OC(=O)c2ccccc2[2H])[C@@H]1OC(=O)c1ccccc1[2H]. The number of carbonyl (C=O) groups excluding carboxylic acids is 5. The number of rotatable bonds is 13. The molecule has 0 saturated carbocycles. The van der Waals surface area contributed by atoms with Gasteiger partial charge >= 0.3 is 29.8 Å². The lowest BCUT2D eigenvalue weighted by atomic mass is 9.97. The second-order valence-electron chi connectivity index (χ2n) is 12.7. The van der Waals surface area contributed by atoms with Crippen molar-refractivity contribution in [3.8, 4) is 11.8 Å². The van der Waals surface area contributed by atoms with Crippen LogP contribution in [0, 0.1) is 11.8 Å². The summed E-state index contributed by atoms with van der Waals surface area (Å²) in [6, 6.07) is 28.1. The van der Waals surface area contributed by atoms with E-state index in [0.717, 1.165) is 12.8 Å². The fourth-order valence-corrected chi connectivity index (χ4v) is 5.75. The maximum atomic E-state index is 14.2. The van der Waals surface area contributed by atoms with Crippen LogP contribution in [0.5, 0.6) is 0 Å². The molecule has 0 aromatic heterocycles. The van der Waals surface area contributed by atoms with Gasteiger partial charge in [-0.3, -0.25) is 0 Å². The van der Waals surface area contributed by atoms with Crippen LogP contribution in [0.15, 0.2) is 145 Å². The van der Waals surface area contributed by atoms with E-state index in [1.807, 2.05) is 6.92 Å². The average molecular weight is 785 g/mol. The number of esters is 5. The molecular formula is C47H40O11. The zero-order valence-corrected chi connectivity index (χ0v) is 31.3. The Bertz CT molecular complexity index is 2520. The van der Waals surface area contributed by atoms with E-state index >= 15 is 0 Å². The van der Waals surface area contributed by atoms with Gasteiger partial charge in [0, 0.05) is 12.0 Å². The van der Waals surface area contributed by atoms with Crippen LogP contribution in [0.25, 0.3) is 0 Å². The van der Waals surface area contributed by atoms with Gasteiger partial charge in [-0.15, -0.1) is 0 Å². The molecule has 1 saturated heterocycles. The first kappa shape index (κ1) is 35.4. The standard InChI is InChI=1S/C47H40O11/c1-2-3-4-9-20-32-21-18-19-30-37(32)46(52)58-47-41(57-45(51)36-28-16-8-17-29-36)40(56-44(50)35-26-14-7-15-27-35)39(55-43(49)34-24-12-6-13-25-34)38(54-47)31-53-42(48)33-22-10-5-11-23-33/h5-8,10-19,21-30,38-41,47H,2-4,31H2,1H3/t38-,39-,40+,41-,47?/m1/s1/i22D,24D,26D,28D. The van der Waals surface area contributed by atoms with Gasteiger partial charge in [0.25, 0.3) is 0 Å². The smallest absolute Gasteiger partial charge is 0.341 e. The Morgan fingerprint density at radius 1 is 0.569 bits per heavy atom. The van der Waals surface area contributed by atoms with Crippen LogP contribution in [-0.2, 0) is 28.4 Å². The molecule has 6 rings (SSSR count). The molecular weight excluding hydrogens is 741 g/mol. The predicted octanol–water partition coefficient (Wildman–Crippen LogP) is 7.64. The van der Waals surface area contributed by atoms with E-state index in [2.05, 4.69) is 11.8 Å². The summed E-state index contributed by atoms with van der Waals surface area (Å²) in [4.78, 5) is 69.4. The van der Waals surface area contributed by atoms with E-state index in [0.29, 0.717) is 12.0 Å². The number of carbonyl (C=O) groups is 5. The van der Waals surface area contributed by atoms with Gasteiger partial charge in [-0.2, -0.15) is 0 Å². The third kappa shape index (κ3) is 10.6. The number of unbranched alkanes of at least 4 members (excludes halogenated alkanes) is 2. The van der Waals surface area contributed by atoms with Crippen molar-refractivity contribution >= 4 is 29.8 Å². The zero-order valence-electron chi connectivity index (χ0n) is 35.3. The fraction of sp³-hybridized carbons (Fsp3) is 0.213. The Morgan fingerprint density at radius 3 is 1.59 bits per heavy atom. The monoisotopic (exact) mass is 784 g/mol. The predicted molar refractivity (Wildman–Crippen MR) is 211 cm³/mol. The second kappa shape index (κ2) is 20.2. The van der Waals surface area contributed by atoms with E-state index in [4.69, 9.17) is 33.9 Å². The molecule has 0 radical (unpaired) electrons. The number of benzene rings is 5. The van der Waals surface area contributed by atoms with Gasteiger partial charge in [0.05, 0.1) is 33.3 Å². The zero-order chi connectivity index (χ0) is 44.2. The normalized spacial score (nSPS) is 19.3. The van der Waals surface area contributed by atoms with Crippen LogP contribution in [-0.4, -0.2) is 67.2 Å². The largest absolute Gasteiger partial charge is 0.459 e. The third-order valence-corrected chi connectivity index (χ3v) is 8.66. The molecule has 11 nitrogen and oxygen atoms in total. The molecule has 1 fully saturated rings. The van der Waals surface area contributed by atoms with Crippen molar-refractivity contribution in [2.24, 2.45) is 0 Å². The number of hydrogen-bond acceptors (Lipinski definition) is 11. The first-order valence-corrected chi connectivity index (χ1v) is 18.4. The van der Waals surface area contributed by atoms with E-state index < -0.39 is 67.2 Å². The fourth-order valence-electron chi connectivity index (χ4n) is 5.75. The van der Waals surface area contributed by atoms with Crippen LogP contribution in [0.3, 0.4) is 0 Å². The van der Waals surface area contributed by atoms with Gasteiger partial charge in [-0.25, -0.2) is 24.0 Å². The van der Waals surface area contributed by atoms with Crippen molar-refractivity contribution < 1.29 is 57.9 Å². The molecule has 0 amide bonds. The lowest BCUT2D eigenvalue weighted by molar-refractivity contribution is -0.282. The minimum atomic E-state index is -2.00. The number of ether oxygens (including phenoxy) is 6. The van der Waals surface area contributed by atoms with E-state index in [1.165, 1.54) is 97.1 Å². The van der Waals surface area contributed by atoms with E-state index in [-0.39, 0.29) is 52.0 Å². The quantitative estimate of drug-likeness (QED) is 0.0504. The van der Waals surface area contributed by atoms with Crippen LogP contribution in [0.2, 0.25) is 0 Å². The molecule has 1 unspecified atom stereocenters. The van der Waals surface area contributed by atoms with Gasteiger partial charge < -0.3 is 28.4 Å². The highest BCUT2D eigenvalue weighted by Gasteiger charge is 2.54. The van der Waals surface area contributed by atoms with Crippen molar-refractivity contribution in [1.29, 1.82) is 0 Å². The lowest BCUT2D eigenvalue weighted by Gasteiger charge is -2.43. The second-order valence-corrected chi connectivity index (χ2v) is 12.7. The summed E-state index contributed by atoms with van der Waals surface area (Å²) < 4.78 is 69.0. The maximum Gasteiger partial charge on any atom is 0.341 e. The van der Waals surface area contributed by atoms with Crippen LogP contribution < -0.4 is 0 Å². The highest BCUT2D eigenvalue weighted by Crippen LogP contribution is 2.32. The van der Waals surface area contributed by atoms with Crippen molar-refractivity contribution in [2.45, 2.75) is 56.9 Å². The summed E-state index contributed by atoms with van der Waals surface area (Å²) in [6.07, 6.45) is -7.14. The van der Waals surface area contributed by atoms with E-state index in [1.54, 1.807) is 24.3 Å². The summed E-state index contributed by atoms with van der Waals surface area (Å²) in [5.74, 6) is 0.589. The van der Waals surface area contributed by atoms with Gasteiger partial charge in [0.2, 0.25) is 12.4 Å². The maximum absolute atomic E-state index is 14.2. The minimum absolute atomic E-state index is 0.00556. The molecule has 5 atom stereocenters. The first-order chi connectivity index (χ1) is 30.0. The Morgan fingerprint density at radius 2 is 1.05 bits per heavy atom. The van der Waals surface area contributed by atoms with E-state index in [9.17, 15) is 24.0 Å². The van der Waals surface area contributed by atoms with Crippen LogP contribution in [0.4, 0.5) is 0 Å². The highest BCUT2D eigenvalue weighted by atomic mass is 16.7. The molecule has 0 bridgehead atoms. The van der Waals surface area contributed by atoms with Crippen molar-refractivity contribution in [1.82, 2.24) is 0 Å². The summed E-state index contributed by atoms with van der Waals surface area (Å²) in [6.45, 7) is 1.24. The molecule has 0 N–H and O–H groups in total. The first-order valence-electron chi connectivity index (χ1n) is 20.4. The average Bonchev–Trinajstić information content (AvgIpc) is 3.26. The summed E-state index contributed by atoms with van der Waals surface area (Å²) >= 11 is 0. The van der Waals surface area contributed by atoms with Crippen molar-refractivity contribution in [2.75, 3.05) is 6.61 Å². The van der Waals surface area contributed by atoms with Gasteiger partial charge in [-0.05, 0) is 67.0 Å².